The van der Waals surface area contributed by atoms with Crippen molar-refractivity contribution in [3.05, 3.63) is 29.3 Å². The second kappa shape index (κ2) is 3.08. The van der Waals surface area contributed by atoms with Crippen LogP contribution >= 0.6 is 0 Å². The Morgan fingerprint density at radius 2 is 2.38 bits per heavy atom. The number of carbonyl (C=O) groups is 1. The van der Waals surface area contributed by atoms with Crippen molar-refractivity contribution in [2.24, 2.45) is 0 Å². The van der Waals surface area contributed by atoms with Gasteiger partial charge in [-0.1, -0.05) is 18.6 Å². The first kappa shape index (κ1) is 9.85. The highest BCUT2D eigenvalue weighted by atomic mass is 16.5. The zero-order valence-corrected chi connectivity index (χ0v) is 9.54. The number of carbonyl (C=O) groups excluding carboxylic acids is 1. The van der Waals surface area contributed by atoms with E-state index >= 15 is 0 Å². The van der Waals surface area contributed by atoms with Crippen LogP contribution in [0, 0.1) is 6.92 Å². The first-order valence-corrected chi connectivity index (χ1v) is 5.73. The van der Waals surface area contributed by atoms with Crippen molar-refractivity contribution < 1.29 is 9.53 Å². The van der Waals surface area contributed by atoms with Gasteiger partial charge in [-0.05, 0) is 25.5 Å². The highest BCUT2D eigenvalue weighted by Gasteiger charge is 2.61. The van der Waals surface area contributed by atoms with E-state index in [1.165, 1.54) is 0 Å². The summed E-state index contributed by atoms with van der Waals surface area (Å²) in [6, 6.07) is 6.07. The third-order valence-electron chi connectivity index (χ3n) is 3.59. The Morgan fingerprint density at radius 3 is 3.06 bits per heavy atom. The minimum atomic E-state index is -0.421. The summed E-state index contributed by atoms with van der Waals surface area (Å²) in [7, 11) is 0. The quantitative estimate of drug-likeness (QED) is 0.728. The molecule has 2 aliphatic heterocycles. The van der Waals surface area contributed by atoms with Crippen molar-refractivity contribution >= 4 is 5.78 Å². The number of hydrogen-bond donors (Lipinski definition) is 1. The molecule has 1 N–H and O–H groups in total. The fraction of sp³-hybridized carbons (Fsp3) is 0.462. The van der Waals surface area contributed by atoms with Crippen LogP contribution in [0.1, 0.15) is 29.3 Å². The van der Waals surface area contributed by atoms with E-state index in [0.717, 1.165) is 23.3 Å². The van der Waals surface area contributed by atoms with E-state index in [1.54, 1.807) is 0 Å². The first-order valence-electron chi connectivity index (χ1n) is 5.73. The highest BCUT2D eigenvalue weighted by Crippen LogP contribution is 2.39. The summed E-state index contributed by atoms with van der Waals surface area (Å²) < 4.78 is 5.68. The average Bonchev–Trinajstić information content (AvgIpc) is 3.00. The van der Waals surface area contributed by atoms with Crippen molar-refractivity contribution in [1.82, 2.24) is 5.32 Å². The smallest absolute Gasteiger partial charge is 0.191 e. The van der Waals surface area contributed by atoms with Gasteiger partial charge in [0.1, 0.15) is 17.9 Å². The summed E-state index contributed by atoms with van der Waals surface area (Å²) in [5.74, 6) is 0.925. The normalized spacial score (nSPS) is 31.1. The molecule has 1 fully saturated rings. The number of hydrogen-bond acceptors (Lipinski definition) is 3. The number of ketones is 1. The van der Waals surface area contributed by atoms with Gasteiger partial charge in [-0.15, -0.1) is 0 Å². The Bertz CT molecular complexity index is 469. The predicted octanol–water partition coefficient (Wildman–Crippen LogP) is 1.69. The monoisotopic (exact) mass is 217 g/mol. The van der Waals surface area contributed by atoms with Gasteiger partial charge in [0.2, 0.25) is 0 Å². The summed E-state index contributed by atoms with van der Waals surface area (Å²) in [4.78, 5) is 12.4. The Balaban J connectivity index is 2.02. The molecular formula is C13H15NO2. The number of Topliss-reactive ketones (excluding diaryl/α,β-unsaturated/α-hetero) is 1. The van der Waals surface area contributed by atoms with Crippen molar-refractivity contribution in [3.8, 4) is 5.75 Å². The van der Waals surface area contributed by atoms with E-state index < -0.39 is 5.54 Å². The van der Waals surface area contributed by atoms with Gasteiger partial charge in [-0.25, -0.2) is 0 Å². The molecular weight excluding hydrogens is 202 g/mol. The molecule has 1 aromatic rings. The van der Waals surface area contributed by atoms with E-state index in [1.807, 2.05) is 25.1 Å². The van der Waals surface area contributed by atoms with Crippen LogP contribution in [-0.4, -0.2) is 24.0 Å². The molecule has 0 unspecified atom stereocenters. The minimum absolute atomic E-state index is 0.198. The van der Waals surface area contributed by atoms with Crippen molar-refractivity contribution in [1.29, 1.82) is 0 Å². The lowest BCUT2D eigenvalue weighted by Crippen LogP contribution is -2.40. The van der Waals surface area contributed by atoms with Gasteiger partial charge in [0.15, 0.2) is 5.78 Å². The fourth-order valence-corrected chi connectivity index (χ4v) is 2.53. The zero-order valence-electron chi connectivity index (χ0n) is 9.54. The largest absolute Gasteiger partial charge is 0.490 e. The number of nitrogens with one attached hydrogen (secondary N) is 1. The fourth-order valence-electron chi connectivity index (χ4n) is 2.53. The Hall–Kier alpha value is -1.35. The van der Waals surface area contributed by atoms with Crippen LogP contribution < -0.4 is 10.1 Å². The molecule has 0 bridgehead atoms. The lowest BCUT2D eigenvalue weighted by Gasteiger charge is -2.23. The number of fused-ring (bicyclic) bond motifs is 1. The summed E-state index contributed by atoms with van der Waals surface area (Å²) in [5, 5.41) is 3.27. The van der Waals surface area contributed by atoms with E-state index in [2.05, 4.69) is 12.2 Å². The van der Waals surface area contributed by atoms with Crippen LogP contribution in [0.2, 0.25) is 0 Å². The van der Waals surface area contributed by atoms with Crippen LogP contribution in [0.4, 0.5) is 0 Å². The molecule has 1 spiro atoms. The Labute approximate surface area is 94.8 Å². The van der Waals surface area contributed by atoms with Gasteiger partial charge >= 0.3 is 0 Å². The molecule has 84 valence electrons. The summed E-state index contributed by atoms with van der Waals surface area (Å²) in [6.07, 6.45) is 0.969. The molecule has 0 radical (unpaired) electrons. The van der Waals surface area contributed by atoms with E-state index in [-0.39, 0.29) is 11.8 Å². The van der Waals surface area contributed by atoms with Gasteiger partial charge in [0.05, 0.1) is 5.56 Å². The van der Waals surface area contributed by atoms with Crippen LogP contribution in [0.5, 0.6) is 5.75 Å². The van der Waals surface area contributed by atoms with Gasteiger partial charge in [-0.3, -0.25) is 10.1 Å². The predicted molar refractivity (Wildman–Crippen MR) is 61.0 cm³/mol. The summed E-state index contributed by atoms with van der Waals surface area (Å²) in [6.45, 7) is 4.55. The maximum Gasteiger partial charge on any atom is 0.191 e. The Morgan fingerprint density at radius 1 is 1.56 bits per heavy atom. The topological polar surface area (TPSA) is 48.2 Å². The summed E-state index contributed by atoms with van der Waals surface area (Å²) >= 11 is 0. The standard InChI is InChI=1S/C13H15NO2/c1-3-11-13(14-11)7-16-10-5-4-8(2)6-9(10)12(13)15/h4-6,11,14H,3,7H2,1-2H3/t11-,13-/m1/s1. The Kier molecular flexibility index (Phi) is 1.89. The summed E-state index contributed by atoms with van der Waals surface area (Å²) in [5.41, 5.74) is 1.41. The van der Waals surface area contributed by atoms with Crippen LogP contribution in [0.15, 0.2) is 18.2 Å². The molecule has 2 atom stereocenters. The number of benzene rings is 1. The zero-order chi connectivity index (χ0) is 11.3. The van der Waals surface area contributed by atoms with E-state index in [4.69, 9.17) is 4.74 Å². The van der Waals surface area contributed by atoms with Crippen LogP contribution in [0.25, 0.3) is 0 Å². The molecule has 3 nitrogen and oxygen atoms in total. The number of aryl methyl sites for hydroxylation is 1. The van der Waals surface area contributed by atoms with Gasteiger partial charge in [0.25, 0.3) is 0 Å². The molecule has 0 aromatic heterocycles. The molecule has 1 saturated heterocycles. The van der Waals surface area contributed by atoms with Gasteiger partial charge < -0.3 is 4.74 Å². The van der Waals surface area contributed by atoms with Crippen molar-refractivity contribution in [2.45, 2.75) is 31.8 Å². The van der Waals surface area contributed by atoms with Crippen molar-refractivity contribution in [3.63, 3.8) is 0 Å². The highest BCUT2D eigenvalue weighted by molar-refractivity contribution is 6.09. The van der Waals surface area contributed by atoms with E-state index in [0.29, 0.717) is 6.61 Å². The van der Waals surface area contributed by atoms with Crippen LogP contribution in [-0.2, 0) is 0 Å². The molecule has 0 aliphatic carbocycles. The maximum absolute atomic E-state index is 12.4. The maximum atomic E-state index is 12.4. The van der Waals surface area contributed by atoms with Crippen molar-refractivity contribution in [2.75, 3.05) is 6.61 Å². The van der Waals surface area contributed by atoms with Crippen LogP contribution in [0.3, 0.4) is 0 Å². The second-order valence-corrected chi connectivity index (χ2v) is 4.69. The third-order valence-corrected chi connectivity index (χ3v) is 3.59. The number of rotatable bonds is 1. The molecule has 16 heavy (non-hydrogen) atoms. The first-order chi connectivity index (χ1) is 7.67. The number of ether oxygens (including phenoxy) is 1. The second-order valence-electron chi connectivity index (χ2n) is 4.69. The SMILES string of the molecule is CC[C@H]1N[C@]12COc1ccc(C)cc1C2=O. The lowest BCUT2D eigenvalue weighted by molar-refractivity contribution is 0.0864. The lowest BCUT2D eigenvalue weighted by atomic mass is 9.90. The molecule has 2 aliphatic rings. The van der Waals surface area contributed by atoms with Gasteiger partial charge in [0, 0.05) is 6.04 Å². The third kappa shape index (κ3) is 1.15. The molecule has 3 rings (SSSR count). The molecule has 1 aromatic carbocycles. The van der Waals surface area contributed by atoms with Gasteiger partial charge in [-0.2, -0.15) is 0 Å². The molecule has 0 amide bonds. The average molecular weight is 217 g/mol. The molecule has 2 heterocycles. The molecule has 0 saturated carbocycles. The minimum Gasteiger partial charge on any atom is -0.490 e. The van der Waals surface area contributed by atoms with E-state index in [9.17, 15) is 4.79 Å². The molecule has 3 heteroatoms.